The van der Waals surface area contributed by atoms with E-state index < -0.39 is 0 Å². The molecule has 0 bridgehead atoms. The molecule has 0 aliphatic carbocycles. The molecule has 176 valence electrons. The van der Waals surface area contributed by atoms with E-state index in [0.717, 1.165) is 78.0 Å². The van der Waals surface area contributed by atoms with Crippen LogP contribution in [-0.2, 0) is 17.8 Å². The Bertz CT molecular complexity index is 627. The van der Waals surface area contributed by atoms with Gasteiger partial charge in [0, 0.05) is 58.9 Å². The number of benzene rings is 1. The van der Waals surface area contributed by atoms with Crippen LogP contribution in [0.1, 0.15) is 24.5 Å². The summed E-state index contributed by atoms with van der Waals surface area (Å²) in [5.74, 6) is 0.904. The van der Waals surface area contributed by atoms with Gasteiger partial charge in [0.15, 0.2) is 5.96 Å². The Labute approximate surface area is 205 Å². The SMILES string of the molecule is CCNC(=NCc1ccc(CN2CCN(C)CC2)cc1)NCCCN1CCOCC1.I. The number of nitrogens with one attached hydrogen (secondary N) is 2. The predicted octanol–water partition coefficient (Wildman–Crippen LogP) is 1.83. The average molecular weight is 545 g/mol. The summed E-state index contributed by atoms with van der Waals surface area (Å²) in [7, 11) is 2.20. The van der Waals surface area contributed by atoms with Crippen molar-refractivity contribution >= 4 is 29.9 Å². The maximum absolute atomic E-state index is 5.41. The lowest BCUT2D eigenvalue weighted by Crippen LogP contribution is -2.43. The van der Waals surface area contributed by atoms with E-state index in [4.69, 9.17) is 9.73 Å². The van der Waals surface area contributed by atoms with E-state index in [-0.39, 0.29) is 24.0 Å². The molecule has 2 aliphatic rings. The molecule has 7 nitrogen and oxygen atoms in total. The van der Waals surface area contributed by atoms with Crippen LogP contribution in [0, 0.1) is 0 Å². The number of nitrogens with zero attached hydrogens (tertiary/aromatic N) is 4. The van der Waals surface area contributed by atoms with Crippen LogP contribution in [0.2, 0.25) is 0 Å². The number of hydrogen-bond donors (Lipinski definition) is 2. The topological polar surface area (TPSA) is 55.4 Å². The standard InChI is InChI=1S/C23H40N6O.HI/c1-3-24-23(25-9-4-10-28-15-17-30-18-16-28)26-19-21-5-7-22(8-6-21)20-29-13-11-27(2)12-14-29;/h5-8H,3-4,9-20H2,1-2H3,(H2,24,25,26);1H. The van der Waals surface area contributed by atoms with E-state index in [1.54, 1.807) is 0 Å². The maximum atomic E-state index is 5.41. The normalized spacial score (nSPS) is 19.1. The number of ether oxygens (including phenoxy) is 1. The van der Waals surface area contributed by atoms with E-state index >= 15 is 0 Å². The minimum Gasteiger partial charge on any atom is -0.379 e. The third-order valence-electron chi connectivity index (χ3n) is 5.84. The quantitative estimate of drug-likeness (QED) is 0.214. The van der Waals surface area contributed by atoms with Crippen LogP contribution in [-0.4, -0.2) is 99.8 Å². The summed E-state index contributed by atoms with van der Waals surface area (Å²) in [6.45, 7) is 15.3. The van der Waals surface area contributed by atoms with Gasteiger partial charge in [-0.1, -0.05) is 24.3 Å². The van der Waals surface area contributed by atoms with Crippen molar-refractivity contribution in [3.8, 4) is 0 Å². The van der Waals surface area contributed by atoms with Gasteiger partial charge in [0.2, 0.25) is 0 Å². The summed E-state index contributed by atoms with van der Waals surface area (Å²) in [5.41, 5.74) is 2.64. The molecule has 2 aliphatic heterocycles. The lowest BCUT2D eigenvalue weighted by Gasteiger charge is -2.32. The van der Waals surface area contributed by atoms with Crippen LogP contribution >= 0.6 is 24.0 Å². The number of hydrogen-bond acceptors (Lipinski definition) is 5. The van der Waals surface area contributed by atoms with Crippen LogP contribution in [0.15, 0.2) is 29.3 Å². The van der Waals surface area contributed by atoms with Gasteiger partial charge in [-0.3, -0.25) is 9.80 Å². The lowest BCUT2D eigenvalue weighted by molar-refractivity contribution is 0.0376. The Kier molecular flexibility index (Phi) is 12.7. The van der Waals surface area contributed by atoms with Crippen molar-refractivity contribution in [1.29, 1.82) is 0 Å². The van der Waals surface area contributed by atoms with Crippen LogP contribution in [0.3, 0.4) is 0 Å². The number of likely N-dealkylation sites (N-methyl/N-ethyl adjacent to an activating group) is 1. The van der Waals surface area contributed by atoms with E-state index in [0.29, 0.717) is 6.54 Å². The number of aliphatic imine (C=N–C) groups is 1. The van der Waals surface area contributed by atoms with Gasteiger partial charge in [-0.25, -0.2) is 4.99 Å². The van der Waals surface area contributed by atoms with E-state index in [9.17, 15) is 0 Å². The van der Waals surface area contributed by atoms with E-state index in [1.165, 1.54) is 24.2 Å². The second kappa shape index (κ2) is 15.0. The Hall–Kier alpha value is -0.940. The van der Waals surface area contributed by atoms with Gasteiger partial charge >= 0.3 is 0 Å². The van der Waals surface area contributed by atoms with Crippen molar-refractivity contribution in [2.45, 2.75) is 26.4 Å². The molecular formula is C23H41IN6O. The van der Waals surface area contributed by atoms with Crippen molar-refractivity contribution in [3.05, 3.63) is 35.4 Å². The molecule has 2 saturated heterocycles. The largest absolute Gasteiger partial charge is 0.379 e. The van der Waals surface area contributed by atoms with E-state index in [2.05, 4.69) is 63.6 Å². The monoisotopic (exact) mass is 544 g/mol. The molecule has 0 amide bonds. The molecule has 2 fully saturated rings. The fourth-order valence-corrected chi connectivity index (χ4v) is 3.86. The molecule has 2 heterocycles. The van der Waals surface area contributed by atoms with Crippen LogP contribution in [0.4, 0.5) is 0 Å². The van der Waals surface area contributed by atoms with Gasteiger partial charge < -0.3 is 20.3 Å². The minimum absolute atomic E-state index is 0. The molecular weight excluding hydrogens is 503 g/mol. The maximum Gasteiger partial charge on any atom is 0.191 e. The Morgan fingerprint density at radius 1 is 0.935 bits per heavy atom. The van der Waals surface area contributed by atoms with Gasteiger partial charge in [-0.05, 0) is 38.1 Å². The summed E-state index contributed by atoms with van der Waals surface area (Å²) in [6, 6.07) is 8.95. The number of halogens is 1. The fraction of sp³-hybridized carbons (Fsp3) is 0.696. The first-order chi connectivity index (χ1) is 14.7. The molecule has 0 spiro atoms. The van der Waals surface area contributed by atoms with Crippen LogP contribution < -0.4 is 10.6 Å². The molecule has 3 rings (SSSR count). The zero-order chi connectivity index (χ0) is 21.0. The van der Waals surface area contributed by atoms with E-state index in [1.807, 2.05) is 0 Å². The Balaban J connectivity index is 0.00000341. The highest BCUT2D eigenvalue weighted by molar-refractivity contribution is 14.0. The van der Waals surface area contributed by atoms with Gasteiger partial charge in [0.05, 0.1) is 19.8 Å². The summed E-state index contributed by atoms with van der Waals surface area (Å²) in [4.78, 5) is 12.2. The molecule has 1 aromatic carbocycles. The summed E-state index contributed by atoms with van der Waals surface area (Å²) >= 11 is 0. The molecule has 2 N–H and O–H groups in total. The zero-order valence-electron chi connectivity index (χ0n) is 19.3. The Morgan fingerprint density at radius 3 is 2.29 bits per heavy atom. The molecule has 8 heteroatoms. The first-order valence-corrected chi connectivity index (χ1v) is 11.5. The third-order valence-corrected chi connectivity index (χ3v) is 5.84. The molecule has 0 aromatic heterocycles. The number of piperazine rings is 1. The van der Waals surface area contributed by atoms with Gasteiger partial charge in [0.25, 0.3) is 0 Å². The van der Waals surface area contributed by atoms with Crippen molar-refractivity contribution < 1.29 is 4.74 Å². The third kappa shape index (κ3) is 10.0. The average Bonchev–Trinajstić information content (AvgIpc) is 2.78. The highest BCUT2D eigenvalue weighted by atomic mass is 127. The minimum atomic E-state index is 0. The van der Waals surface area contributed by atoms with Crippen molar-refractivity contribution in [3.63, 3.8) is 0 Å². The molecule has 0 radical (unpaired) electrons. The predicted molar refractivity (Wildman–Crippen MR) is 139 cm³/mol. The van der Waals surface area contributed by atoms with Gasteiger partial charge in [-0.2, -0.15) is 0 Å². The van der Waals surface area contributed by atoms with Crippen molar-refractivity contribution in [2.75, 3.05) is 79.2 Å². The van der Waals surface area contributed by atoms with Gasteiger partial charge in [-0.15, -0.1) is 24.0 Å². The Morgan fingerprint density at radius 2 is 1.61 bits per heavy atom. The van der Waals surface area contributed by atoms with Crippen LogP contribution in [0.5, 0.6) is 0 Å². The second-order valence-corrected chi connectivity index (χ2v) is 8.33. The van der Waals surface area contributed by atoms with Crippen LogP contribution in [0.25, 0.3) is 0 Å². The number of guanidine groups is 1. The van der Waals surface area contributed by atoms with Crippen molar-refractivity contribution in [2.24, 2.45) is 4.99 Å². The summed E-state index contributed by atoms with van der Waals surface area (Å²) < 4.78 is 5.41. The highest BCUT2D eigenvalue weighted by Gasteiger charge is 2.13. The molecule has 1 aromatic rings. The zero-order valence-corrected chi connectivity index (χ0v) is 21.6. The summed E-state index contributed by atoms with van der Waals surface area (Å²) in [5, 5.41) is 6.83. The summed E-state index contributed by atoms with van der Waals surface area (Å²) in [6.07, 6.45) is 1.12. The number of morpholine rings is 1. The molecule has 31 heavy (non-hydrogen) atoms. The lowest BCUT2D eigenvalue weighted by atomic mass is 10.1. The highest BCUT2D eigenvalue weighted by Crippen LogP contribution is 2.10. The molecule has 0 atom stereocenters. The molecule has 0 unspecified atom stereocenters. The smallest absolute Gasteiger partial charge is 0.191 e. The van der Waals surface area contributed by atoms with Gasteiger partial charge in [0.1, 0.15) is 0 Å². The number of rotatable bonds is 9. The second-order valence-electron chi connectivity index (χ2n) is 8.33. The fourth-order valence-electron chi connectivity index (χ4n) is 3.86. The molecule has 0 saturated carbocycles. The van der Waals surface area contributed by atoms with Crippen molar-refractivity contribution in [1.82, 2.24) is 25.3 Å². The first kappa shape index (κ1) is 26.3. The first-order valence-electron chi connectivity index (χ1n) is 11.5.